The van der Waals surface area contributed by atoms with Gasteiger partial charge in [-0.3, -0.25) is 10.0 Å². The SMILES string of the molecule is Cc1cccc(N2CC3C[C@@H]2CN3c2ccc(C(=O)NO)cc2)c1. The smallest absolute Gasteiger partial charge is 0.274 e. The number of rotatable bonds is 3. The molecule has 2 aliphatic heterocycles. The average Bonchev–Trinajstić information content (AvgIpc) is 3.22. The predicted molar refractivity (Wildman–Crippen MR) is 93.8 cm³/mol. The highest BCUT2D eigenvalue weighted by Gasteiger charge is 2.43. The summed E-state index contributed by atoms with van der Waals surface area (Å²) in [6.45, 7) is 4.17. The summed E-state index contributed by atoms with van der Waals surface area (Å²) in [7, 11) is 0. The minimum atomic E-state index is -0.477. The molecule has 0 saturated carbocycles. The van der Waals surface area contributed by atoms with Crippen molar-refractivity contribution in [1.82, 2.24) is 5.48 Å². The molecule has 2 aromatic carbocycles. The molecule has 5 nitrogen and oxygen atoms in total. The lowest BCUT2D eigenvalue weighted by molar-refractivity contribution is 0.0706. The van der Waals surface area contributed by atoms with Crippen molar-refractivity contribution in [2.24, 2.45) is 0 Å². The van der Waals surface area contributed by atoms with Gasteiger partial charge in [0, 0.05) is 42.1 Å². The van der Waals surface area contributed by atoms with Gasteiger partial charge in [0.15, 0.2) is 0 Å². The van der Waals surface area contributed by atoms with Gasteiger partial charge in [-0.1, -0.05) is 12.1 Å². The van der Waals surface area contributed by atoms with Crippen LogP contribution in [-0.2, 0) is 0 Å². The summed E-state index contributed by atoms with van der Waals surface area (Å²) in [5.74, 6) is -0.477. The summed E-state index contributed by atoms with van der Waals surface area (Å²) in [6, 6.07) is 17.2. The second-order valence-electron chi connectivity index (χ2n) is 6.67. The summed E-state index contributed by atoms with van der Waals surface area (Å²) in [5, 5.41) is 8.70. The van der Waals surface area contributed by atoms with Crippen LogP contribution in [0.25, 0.3) is 0 Å². The van der Waals surface area contributed by atoms with Crippen molar-refractivity contribution in [2.75, 3.05) is 22.9 Å². The van der Waals surface area contributed by atoms with Crippen LogP contribution >= 0.6 is 0 Å². The molecule has 2 heterocycles. The first kappa shape index (κ1) is 15.0. The van der Waals surface area contributed by atoms with E-state index in [1.54, 1.807) is 17.6 Å². The number of carbonyl (C=O) groups excluding carboxylic acids is 1. The van der Waals surface area contributed by atoms with Crippen LogP contribution in [0.5, 0.6) is 0 Å². The van der Waals surface area contributed by atoms with E-state index in [4.69, 9.17) is 5.21 Å². The molecule has 2 aliphatic rings. The van der Waals surface area contributed by atoms with E-state index in [-0.39, 0.29) is 0 Å². The van der Waals surface area contributed by atoms with Gasteiger partial charge in [0.2, 0.25) is 0 Å². The zero-order chi connectivity index (χ0) is 16.7. The summed E-state index contributed by atoms with van der Waals surface area (Å²) < 4.78 is 0. The van der Waals surface area contributed by atoms with Crippen molar-refractivity contribution in [3.63, 3.8) is 0 Å². The van der Waals surface area contributed by atoms with Crippen LogP contribution < -0.4 is 15.3 Å². The fourth-order valence-electron chi connectivity index (χ4n) is 3.97. The summed E-state index contributed by atoms with van der Waals surface area (Å²) in [4.78, 5) is 16.4. The minimum absolute atomic E-state index is 0.465. The number of carbonyl (C=O) groups is 1. The number of hydroxylamine groups is 1. The Bertz CT molecular complexity index is 759. The minimum Gasteiger partial charge on any atom is -0.365 e. The Hall–Kier alpha value is -2.53. The van der Waals surface area contributed by atoms with Crippen LogP contribution in [0.2, 0.25) is 0 Å². The van der Waals surface area contributed by atoms with Crippen molar-refractivity contribution in [3.05, 3.63) is 59.7 Å². The molecule has 24 heavy (non-hydrogen) atoms. The van der Waals surface area contributed by atoms with E-state index in [1.165, 1.54) is 17.7 Å². The van der Waals surface area contributed by atoms with E-state index >= 15 is 0 Å². The van der Waals surface area contributed by atoms with E-state index in [2.05, 4.69) is 41.0 Å². The lowest BCUT2D eigenvalue weighted by atomic mass is 10.1. The van der Waals surface area contributed by atoms with Gasteiger partial charge in [0.05, 0.1) is 0 Å². The van der Waals surface area contributed by atoms with Crippen molar-refractivity contribution >= 4 is 17.3 Å². The Morgan fingerprint density at radius 3 is 2.29 bits per heavy atom. The van der Waals surface area contributed by atoms with E-state index in [0.29, 0.717) is 17.6 Å². The zero-order valence-corrected chi connectivity index (χ0v) is 13.6. The topological polar surface area (TPSA) is 55.8 Å². The van der Waals surface area contributed by atoms with Gasteiger partial charge < -0.3 is 9.80 Å². The molecular weight excluding hydrogens is 302 g/mol. The normalized spacial score (nSPS) is 22.1. The number of fused-ring (bicyclic) bond motifs is 2. The summed E-state index contributed by atoms with van der Waals surface area (Å²) in [5.41, 5.74) is 5.88. The summed E-state index contributed by atoms with van der Waals surface area (Å²) >= 11 is 0. The molecule has 2 N–H and O–H groups in total. The molecule has 1 unspecified atom stereocenters. The van der Waals surface area contributed by atoms with Gasteiger partial charge in [-0.2, -0.15) is 0 Å². The Kier molecular flexibility index (Phi) is 3.65. The van der Waals surface area contributed by atoms with E-state index in [1.807, 2.05) is 12.1 Å². The standard InChI is InChI=1S/C19H21N3O2/c1-13-3-2-4-16(9-13)22-12-17-10-18(22)11-21(17)15-7-5-14(6-8-15)19(23)20-24/h2-9,17-18,24H,10-12H2,1H3,(H,20,23)/t17?,18-/m1/s1. The fourth-order valence-corrected chi connectivity index (χ4v) is 3.97. The number of anilines is 2. The number of nitrogens with zero attached hydrogens (tertiary/aromatic N) is 2. The molecule has 2 saturated heterocycles. The second kappa shape index (κ2) is 5.83. The highest BCUT2D eigenvalue weighted by molar-refractivity contribution is 5.93. The average molecular weight is 323 g/mol. The molecule has 5 heteroatoms. The molecule has 124 valence electrons. The molecule has 0 radical (unpaired) electrons. The third kappa shape index (κ3) is 2.51. The van der Waals surface area contributed by atoms with Gasteiger partial charge >= 0.3 is 0 Å². The van der Waals surface area contributed by atoms with Gasteiger partial charge in [0.1, 0.15) is 0 Å². The van der Waals surface area contributed by atoms with E-state index < -0.39 is 5.91 Å². The first-order chi connectivity index (χ1) is 11.7. The first-order valence-electron chi connectivity index (χ1n) is 8.30. The number of hydrogen-bond donors (Lipinski definition) is 2. The molecule has 2 fully saturated rings. The van der Waals surface area contributed by atoms with Crippen LogP contribution in [0.1, 0.15) is 22.3 Å². The maximum Gasteiger partial charge on any atom is 0.274 e. The maximum atomic E-state index is 11.4. The molecule has 0 aromatic heterocycles. The van der Waals surface area contributed by atoms with Crippen LogP contribution in [0.15, 0.2) is 48.5 Å². The number of aryl methyl sites for hydroxylation is 1. The van der Waals surface area contributed by atoms with Crippen molar-refractivity contribution in [2.45, 2.75) is 25.4 Å². The second-order valence-corrected chi connectivity index (χ2v) is 6.67. The highest BCUT2D eigenvalue weighted by atomic mass is 16.5. The molecule has 1 amide bonds. The van der Waals surface area contributed by atoms with Gasteiger partial charge in [0.25, 0.3) is 5.91 Å². The number of hydrogen-bond acceptors (Lipinski definition) is 4. The Morgan fingerprint density at radius 1 is 1.04 bits per heavy atom. The largest absolute Gasteiger partial charge is 0.365 e. The lowest BCUT2D eigenvalue weighted by Gasteiger charge is -2.37. The molecule has 2 bridgehead atoms. The number of amides is 1. The zero-order valence-electron chi connectivity index (χ0n) is 13.6. The third-order valence-corrected chi connectivity index (χ3v) is 5.14. The van der Waals surface area contributed by atoms with Crippen molar-refractivity contribution < 1.29 is 10.0 Å². The molecule has 0 spiro atoms. The Labute approximate surface area is 141 Å². The van der Waals surface area contributed by atoms with Crippen LogP contribution in [-0.4, -0.2) is 36.3 Å². The molecule has 2 atom stereocenters. The van der Waals surface area contributed by atoms with Crippen LogP contribution in [0.4, 0.5) is 11.4 Å². The maximum absolute atomic E-state index is 11.4. The van der Waals surface area contributed by atoms with E-state index in [0.717, 1.165) is 18.8 Å². The van der Waals surface area contributed by atoms with Gasteiger partial charge in [-0.25, -0.2) is 5.48 Å². The first-order valence-corrected chi connectivity index (χ1v) is 8.30. The number of benzene rings is 2. The Morgan fingerprint density at radius 2 is 1.71 bits per heavy atom. The van der Waals surface area contributed by atoms with Crippen molar-refractivity contribution in [1.29, 1.82) is 0 Å². The molecule has 4 rings (SSSR count). The van der Waals surface area contributed by atoms with Gasteiger partial charge in [-0.05, 0) is 55.3 Å². The van der Waals surface area contributed by atoms with Crippen molar-refractivity contribution in [3.8, 4) is 0 Å². The third-order valence-electron chi connectivity index (χ3n) is 5.14. The van der Waals surface area contributed by atoms with Crippen LogP contribution in [0, 0.1) is 6.92 Å². The fraction of sp³-hybridized carbons (Fsp3) is 0.316. The molecular formula is C19H21N3O2. The summed E-state index contributed by atoms with van der Waals surface area (Å²) in [6.07, 6.45) is 1.17. The Balaban J connectivity index is 1.49. The number of nitrogens with one attached hydrogen (secondary N) is 1. The number of piperazine rings is 1. The van der Waals surface area contributed by atoms with Crippen LogP contribution in [0.3, 0.4) is 0 Å². The van der Waals surface area contributed by atoms with Gasteiger partial charge in [-0.15, -0.1) is 0 Å². The highest BCUT2D eigenvalue weighted by Crippen LogP contribution is 2.37. The lowest BCUT2D eigenvalue weighted by Crippen LogP contribution is -2.46. The molecule has 2 aromatic rings. The quantitative estimate of drug-likeness (QED) is 0.673. The predicted octanol–water partition coefficient (Wildman–Crippen LogP) is 2.58. The molecule has 0 aliphatic carbocycles. The monoisotopic (exact) mass is 323 g/mol. The van der Waals surface area contributed by atoms with E-state index in [9.17, 15) is 4.79 Å².